The van der Waals surface area contributed by atoms with Crippen LogP contribution in [-0.2, 0) is 4.74 Å². The summed E-state index contributed by atoms with van der Waals surface area (Å²) in [6.45, 7) is 9.86. The fourth-order valence-electron chi connectivity index (χ4n) is 1.91. The van der Waals surface area contributed by atoms with E-state index in [1.54, 1.807) is 0 Å². The molecule has 0 radical (unpaired) electrons. The number of ether oxygens (including phenoxy) is 1. The van der Waals surface area contributed by atoms with Gasteiger partial charge in [-0.25, -0.2) is 0 Å². The van der Waals surface area contributed by atoms with E-state index in [2.05, 4.69) is 27.7 Å². The summed E-state index contributed by atoms with van der Waals surface area (Å²) >= 11 is 0. The molecule has 0 spiro atoms. The maximum Gasteiger partial charge on any atom is 0.0510 e. The van der Waals surface area contributed by atoms with Crippen molar-refractivity contribution in [1.29, 1.82) is 0 Å². The lowest BCUT2D eigenvalue weighted by molar-refractivity contribution is -0.00135. The summed E-state index contributed by atoms with van der Waals surface area (Å²) in [5, 5.41) is 18.8. The van der Waals surface area contributed by atoms with Crippen LogP contribution in [0.25, 0.3) is 0 Å². The van der Waals surface area contributed by atoms with Gasteiger partial charge in [0.05, 0.1) is 13.2 Å². The quantitative estimate of drug-likeness (QED) is 0.598. The van der Waals surface area contributed by atoms with E-state index in [4.69, 9.17) is 4.74 Å². The third kappa shape index (κ3) is 6.46. The summed E-state index contributed by atoms with van der Waals surface area (Å²) in [5.41, 5.74) is -0.370. The first-order valence-corrected chi connectivity index (χ1v) is 6.25. The highest BCUT2D eigenvalue weighted by Crippen LogP contribution is 2.29. The van der Waals surface area contributed by atoms with Crippen LogP contribution in [0.15, 0.2) is 0 Å². The van der Waals surface area contributed by atoms with Crippen LogP contribution in [0.3, 0.4) is 0 Å². The second-order valence-electron chi connectivity index (χ2n) is 5.63. The van der Waals surface area contributed by atoms with Crippen LogP contribution in [0.1, 0.15) is 40.5 Å². The number of rotatable bonds is 9. The van der Waals surface area contributed by atoms with Crippen LogP contribution in [-0.4, -0.2) is 36.6 Å². The van der Waals surface area contributed by atoms with Crippen molar-refractivity contribution in [2.45, 2.75) is 40.5 Å². The third-order valence-corrected chi connectivity index (χ3v) is 2.74. The van der Waals surface area contributed by atoms with Gasteiger partial charge in [-0.2, -0.15) is 0 Å². The van der Waals surface area contributed by atoms with Crippen LogP contribution in [0, 0.1) is 17.3 Å². The molecule has 0 atom stereocenters. The van der Waals surface area contributed by atoms with Gasteiger partial charge >= 0.3 is 0 Å². The Hall–Kier alpha value is -0.120. The zero-order valence-corrected chi connectivity index (χ0v) is 11.2. The Morgan fingerprint density at radius 1 is 1.00 bits per heavy atom. The Labute approximate surface area is 99.8 Å². The van der Waals surface area contributed by atoms with Gasteiger partial charge in [0.25, 0.3) is 0 Å². The van der Waals surface area contributed by atoms with E-state index in [0.29, 0.717) is 18.4 Å². The molecule has 0 rings (SSSR count). The number of hydrogen-bond donors (Lipinski definition) is 2. The average Bonchev–Trinajstić information content (AvgIpc) is 2.22. The van der Waals surface area contributed by atoms with Gasteiger partial charge in [-0.15, -0.1) is 0 Å². The predicted octanol–water partition coefficient (Wildman–Crippen LogP) is 2.07. The predicted molar refractivity (Wildman–Crippen MR) is 66.3 cm³/mol. The summed E-state index contributed by atoms with van der Waals surface area (Å²) in [4.78, 5) is 0. The monoisotopic (exact) mass is 232 g/mol. The lowest BCUT2D eigenvalue weighted by atomic mass is 9.79. The van der Waals surface area contributed by atoms with Gasteiger partial charge in [0.2, 0.25) is 0 Å². The molecular formula is C13H28O3. The molecule has 98 valence electrons. The van der Waals surface area contributed by atoms with E-state index in [1.807, 2.05) is 0 Å². The molecule has 0 heterocycles. The summed E-state index contributed by atoms with van der Waals surface area (Å²) < 4.78 is 5.51. The van der Waals surface area contributed by atoms with Crippen molar-refractivity contribution in [3.63, 3.8) is 0 Å². The van der Waals surface area contributed by atoms with Crippen molar-refractivity contribution in [2.75, 3.05) is 26.4 Å². The highest BCUT2D eigenvalue weighted by Gasteiger charge is 2.29. The molecule has 0 amide bonds. The molecule has 0 aliphatic carbocycles. The molecule has 3 nitrogen and oxygen atoms in total. The van der Waals surface area contributed by atoms with Crippen LogP contribution in [0.5, 0.6) is 0 Å². The van der Waals surface area contributed by atoms with Crippen LogP contribution >= 0.6 is 0 Å². The largest absolute Gasteiger partial charge is 0.396 e. The minimum atomic E-state index is -0.370. The Balaban J connectivity index is 4.01. The fraction of sp³-hybridized carbons (Fsp3) is 1.00. The molecule has 3 heteroatoms. The van der Waals surface area contributed by atoms with Gasteiger partial charge in [0.1, 0.15) is 0 Å². The smallest absolute Gasteiger partial charge is 0.0510 e. The topological polar surface area (TPSA) is 49.7 Å². The lowest BCUT2D eigenvalue weighted by Crippen LogP contribution is -2.33. The SMILES string of the molecule is CC(C)COCCC(CO)(CO)CC(C)C. The van der Waals surface area contributed by atoms with Gasteiger partial charge in [0.15, 0.2) is 0 Å². The van der Waals surface area contributed by atoms with E-state index in [0.717, 1.165) is 19.4 Å². The summed E-state index contributed by atoms with van der Waals surface area (Å²) in [7, 11) is 0. The van der Waals surface area contributed by atoms with Crippen molar-refractivity contribution in [1.82, 2.24) is 0 Å². The maximum atomic E-state index is 9.42. The molecule has 16 heavy (non-hydrogen) atoms. The first-order valence-electron chi connectivity index (χ1n) is 6.25. The van der Waals surface area contributed by atoms with Gasteiger partial charge in [-0.1, -0.05) is 27.7 Å². The second-order valence-corrected chi connectivity index (χ2v) is 5.63. The van der Waals surface area contributed by atoms with E-state index < -0.39 is 0 Å². The van der Waals surface area contributed by atoms with Crippen molar-refractivity contribution in [3.8, 4) is 0 Å². The van der Waals surface area contributed by atoms with Crippen LogP contribution in [0.4, 0.5) is 0 Å². The molecule has 0 saturated carbocycles. The molecule has 0 aromatic carbocycles. The van der Waals surface area contributed by atoms with E-state index in [9.17, 15) is 10.2 Å². The minimum absolute atomic E-state index is 0.0344. The lowest BCUT2D eigenvalue weighted by Gasteiger charge is -2.31. The van der Waals surface area contributed by atoms with Crippen molar-refractivity contribution >= 4 is 0 Å². The normalized spacial score (nSPS) is 12.8. The highest BCUT2D eigenvalue weighted by atomic mass is 16.5. The zero-order valence-electron chi connectivity index (χ0n) is 11.2. The zero-order chi connectivity index (χ0) is 12.6. The van der Waals surface area contributed by atoms with E-state index in [1.165, 1.54) is 0 Å². The Morgan fingerprint density at radius 2 is 1.56 bits per heavy atom. The van der Waals surface area contributed by atoms with Gasteiger partial charge < -0.3 is 14.9 Å². The Kier molecular flexibility index (Phi) is 7.98. The molecule has 0 fully saturated rings. The van der Waals surface area contributed by atoms with Gasteiger partial charge in [-0.05, 0) is 24.7 Å². The number of hydrogen-bond acceptors (Lipinski definition) is 3. The maximum absolute atomic E-state index is 9.42. The Morgan fingerprint density at radius 3 is 1.94 bits per heavy atom. The molecule has 0 aromatic rings. The van der Waals surface area contributed by atoms with Gasteiger partial charge in [0, 0.05) is 18.6 Å². The van der Waals surface area contributed by atoms with Crippen molar-refractivity contribution in [3.05, 3.63) is 0 Å². The molecule has 0 aliphatic heterocycles. The van der Waals surface area contributed by atoms with Gasteiger partial charge in [-0.3, -0.25) is 0 Å². The van der Waals surface area contributed by atoms with Crippen LogP contribution < -0.4 is 0 Å². The number of aliphatic hydroxyl groups excluding tert-OH is 2. The first-order chi connectivity index (χ1) is 7.45. The second kappa shape index (κ2) is 8.04. The summed E-state index contributed by atoms with van der Waals surface area (Å²) in [6, 6.07) is 0. The first kappa shape index (κ1) is 15.9. The van der Waals surface area contributed by atoms with Crippen molar-refractivity contribution in [2.24, 2.45) is 17.3 Å². The fourth-order valence-corrected chi connectivity index (χ4v) is 1.91. The Bertz CT molecular complexity index is 163. The molecule has 0 unspecified atom stereocenters. The number of aliphatic hydroxyl groups is 2. The van der Waals surface area contributed by atoms with E-state index in [-0.39, 0.29) is 18.6 Å². The molecular weight excluding hydrogens is 204 g/mol. The molecule has 0 saturated heterocycles. The highest BCUT2D eigenvalue weighted by molar-refractivity contribution is 4.79. The summed E-state index contributed by atoms with van der Waals surface area (Å²) in [6.07, 6.45) is 1.57. The third-order valence-electron chi connectivity index (χ3n) is 2.74. The molecule has 2 N–H and O–H groups in total. The van der Waals surface area contributed by atoms with E-state index >= 15 is 0 Å². The summed E-state index contributed by atoms with van der Waals surface area (Å²) in [5.74, 6) is 1.01. The van der Waals surface area contributed by atoms with Crippen molar-refractivity contribution < 1.29 is 14.9 Å². The molecule has 0 aliphatic rings. The minimum Gasteiger partial charge on any atom is -0.396 e. The standard InChI is InChI=1S/C13H28O3/c1-11(2)7-13(9-14,10-15)5-6-16-8-12(3)4/h11-12,14-15H,5-10H2,1-4H3. The average molecular weight is 232 g/mol. The molecule has 0 aromatic heterocycles. The molecule has 0 bridgehead atoms. The van der Waals surface area contributed by atoms with Crippen LogP contribution in [0.2, 0.25) is 0 Å².